The molecule has 148 valence electrons. The third kappa shape index (κ3) is 4.20. The molecule has 0 radical (unpaired) electrons. The Balaban J connectivity index is 2.23. The van der Waals surface area contributed by atoms with E-state index in [9.17, 15) is 26.3 Å². The first kappa shape index (κ1) is 21.1. The van der Waals surface area contributed by atoms with Gasteiger partial charge in [0.15, 0.2) is 5.41 Å². The second kappa shape index (κ2) is 6.75. The highest BCUT2D eigenvalue weighted by molar-refractivity contribution is 5.34. The number of halogens is 6. The smallest absolute Gasteiger partial charge is 0.170 e. The number of aryl methyl sites for hydroxylation is 1. The Kier molecular flexibility index (Phi) is 5.48. The molecule has 1 saturated carbocycles. The van der Waals surface area contributed by atoms with Gasteiger partial charge in [0, 0.05) is 0 Å². The van der Waals surface area contributed by atoms with Gasteiger partial charge in [-0.15, -0.1) is 0 Å². The van der Waals surface area contributed by atoms with Crippen LogP contribution < -0.4 is 0 Å². The van der Waals surface area contributed by atoms with Crippen LogP contribution in [0.5, 0.6) is 0 Å². The van der Waals surface area contributed by atoms with Crippen LogP contribution >= 0.6 is 0 Å². The van der Waals surface area contributed by atoms with Crippen LogP contribution in [-0.4, -0.2) is 12.4 Å². The zero-order chi connectivity index (χ0) is 20.0. The normalized spacial score (nSPS) is 19.6. The summed E-state index contributed by atoms with van der Waals surface area (Å²) in [5, 5.41) is 0. The van der Waals surface area contributed by atoms with Gasteiger partial charge in [0.05, 0.1) is 0 Å². The van der Waals surface area contributed by atoms with Gasteiger partial charge in [0.2, 0.25) is 0 Å². The van der Waals surface area contributed by atoms with E-state index in [1.54, 1.807) is 0 Å². The van der Waals surface area contributed by atoms with Gasteiger partial charge in [-0.05, 0) is 67.1 Å². The summed E-state index contributed by atoms with van der Waals surface area (Å²) < 4.78 is 79.2. The molecule has 0 heterocycles. The lowest BCUT2D eigenvalue weighted by atomic mass is 9.67. The van der Waals surface area contributed by atoms with Crippen LogP contribution in [0.25, 0.3) is 0 Å². The van der Waals surface area contributed by atoms with Crippen molar-refractivity contribution in [2.75, 3.05) is 0 Å². The molecule has 1 fully saturated rings. The third-order valence-corrected chi connectivity index (χ3v) is 5.49. The SMILES string of the molecule is Cc1ccc(C2CCC(C(F)(F)F)(C(F)(F)F)CC2)cc1CC(C)(C)C. The Labute approximate surface area is 151 Å². The summed E-state index contributed by atoms with van der Waals surface area (Å²) in [5.74, 6) is -0.257. The molecule has 0 bridgehead atoms. The van der Waals surface area contributed by atoms with E-state index in [-0.39, 0.29) is 24.2 Å². The maximum Gasteiger partial charge on any atom is 0.403 e. The van der Waals surface area contributed by atoms with E-state index in [4.69, 9.17) is 0 Å². The van der Waals surface area contributed by atoms with Crippen molar-refractivity contribution in [3.63, 3.8) is 0 Å². The Hall–Kier alpha value is -1.20. The second-order valence-corrected chi connectivity index (χ2v) is 8.78. The molecule has 0 atom stereocenters. The Morgan fingerprint density at radius 3 is 1.85 bits per heavy atom. The van der Waals surface area contributed by atoms with Crippen molar-refractivity contribution >= 4 is 0 Å². The van der Waals surface area contributed by atoms with Crippen LogP contribution in [-0.2, 0) is 6.42 Å². The van der Waals surface area contributed by atoms with Gasteiger partial charge in [-0.2, -0.15) is 26.3 Å². The molecule has 0 amide bonds. The molecule has 0 nitrogen and oxygen atoms in total. The van der Waals surface area contributed by atoms with E-state index in [0.717, 1.165) is 23.1 Å². The highest BCUT2D eigenvalue weighted by atomic mass is 19.4. The molecule has 0 saturated heterocycles. The monoisotopic (exact) mass is 380 g/mol. The molecule has 1 aromatic carbocycles. The standard InChI is InChI=1S/C20H26F6/c1-13-5-6-15(11-16(13)12-17(2,3)4)14-7-9-18(10-8-14,19(21,22)23)20(24,25)26/h5-6,11,14H,7-10,12H2,1-4H3. The summed E-state index contributed by atoms with van der Waals surface area (Å²) in [6.07, 6.45) is -11.7. The van der Waals surface area contributed by atoms with E-state index < -0.39 is 30.6 Å². The maximum absolute atomic E-state index is 13.2. The fourth-order valence-electron chi connectivity index (χ4n) is 3.88. The number of benzene rings is 1. The van der Waals surface area contributed by atoms with Crippen LogP contribution in [0.15, 0.2) is 18.2 Å². The molecular formula is C20H26F6. The summed E-state index contributed by atoms with van der Waals surface area (Å²) in [6, 6.07) is 5.74. The van der Waals surface area contributed by atoms with Crippen molar-refractivity contribution in [1.82, 2.24) is 0 Å². The molecule has 2 rings (SSSR count). The summed E-state index contributed by atoms with van der Waals surface area (Å²) in [5.41, 5.74) is -0.446. The second-order valence-electron chi connectivity index (χ2n) is 8.78. The topological polar surface area (TPSA) is 0 Å². The number of alkyl halides is 6. The van der Waals surface area contributed by atoms with E-state index in [0.29, 0.717) is 0 Å². The van der Waals surface area contributed by atoms with Gasteiger partial charge in [0.25, 0.3) is 0 Å². The van der Waals surface area contributed by atoms with E-state index >= 15 is 0 Å². The fourth-order valence-corrected chi connectivity index (χ4v) is 3.88. The predicted octanol–water partition coefficient (Wildman–Crippen LogP) is 7.35. The average molecular weight is 380 g/mol. The average Bonchev–Trinajstić information content (AvgIpc) is 2.46. The molecule has 0 aliphatic heterocycles. The first-order valence-electron chi connectivity index (χ1n) is 8.89. The largest absolute Gasteiger partial charge is 0.403 e. The van der Waals surface area contributed by atoms with E-state index in [1.807, 2.05) is 25.1 Å². The summed E-state index contributed by atoms with van der Waals surface area (Å²) in [6.45, 7) is 8.27. The van der Waals surface area contributed by atoms with Crippen molar-refractivity contribution < 1.29 is 26.3 Å². The summed E-state index contributed by atoms with van der Waals surface area (Å²) >= 11 is 0. The van der Waals surface area contributed by atoms with Gasteiger partial charge >= 0.3 is 12.4 Å². The van der Waals surface area contributed by atoms with Crippen LogP contribution in [0, 0.1) is 17.8 Å². The number of hydrogen-bond acceptors (Lipinski definition) is 0. The molecule has 1 aliphatic rings. The first-order chi connectivity index (χ1) is 11.7. The van der Waals surface area contributed by atoms with Crippen LogP contribution in [0.2, 0.25) is 0 Å². The number of hydrogen-bond donors (Lipinski definition) is 0. The van der Waals surface area contributed by atoms with Crippen molar-refractivity contribution in [3.8, 4) is 0 Å². The van der Waals surface area contributed by atoms with Crippen molar-refractivity contribution in [2.45, 2.75) is 78.1 Å². The molecule has 1 aliphatic carbocycles. The fraction of sp³-hybridized carbons (Fsp3) is 0.700. The molecule has 0 aromatic heterocycles. The van der Waals surface area contributed by atoms with Gasteiger partial charge < -0.3 is 0 Å². The van der Waals surface area contributed by atoms with Crippen LogP contribution in [0.1, 0.15) is 69.1 Å². The highest BCUT2D eigenvalue weighted by Crippen LogP contribution is 2.60. The van der Waals surface area contributed by atoms with Crippen molar-refractivity contribution in [3.05, 3.63) is 34.9 Å². The quantitative estimate of drug-likeness (QED) is 0.471. The highest BCUT2D eigenvalue weighted by Gasteiger charge is 2.70. The van der Waals surface area contributed by atoms with Gasteiger partial charge in [-0.3, -0.25) is 0 Å². The summed E-state index contributed by atoms with van der Waals surface area (Å²) in [7, 11) is 0. The Bertz CT molecular complexity index is 609. The molecule has 0 unspecified atom stereocenters. The minimum absolute atomic E-state index is 0.0532. The molecule has 0 spiro atoms. The van der Waals surface area contributed by atoms with Crippen molar-refractivity contribution in [2.24, 2.45) is 10.8 Å². The van der Waals surface area contributed by atoms with Gasteiger partial charge in [-0.1, -0.05) is 39.0 Å². The lowest BCUT2D eigenvalue weighted by Gasteiger charge is -2.42. The minimum atomic E-state index is -5.26. The molecule has 26 heavy (non-hydrogen) atoms. The molecule has 0 N–H and O–H groups in total. The number of rotatable bonds is 2. The van der Waals surface area contributed by atoms with Crippen molar-refractivity contribution in [1.29, 1.82) is 0 Å². The molecular weight excluding hydrogens is 354 g/mol. The van der Waals surface area contributed by atoms with E-state index in [2.05, 4.69) is 20.8 Å². The first-order valence-corrected chi connectivity index (χ1v) is 8.89. The van der Waals surface area contributed by atoms with E-state index in [1.165, 1.54) is 0 Å². The maximum atomic E-state index is 13.2. The molecule has 6 heteroatoms. The van der Waals surface area contributed by atoms with Crippen LogP contribution in [0.4, 0.5) is 26.3 Å². The Morgan fingerprint density at radius 1 is 0.923 bits per heavy atom. The zero-order valence-electron chi connectivity index (χ0n) is 15.6. The molecule has 1 aromatic rings. The van der Waals surface area contributed by atoms with Crippen LogP contribution in [0.3, 0.4) is 0 Å². The zero-order valence-corrected chi connectivity index (χ0v) is 15.6. The predicted molar refractivity (Wildman–Crippen MR) is 90.1 cm³/mol. The lowest BCUT2D eigenvalue weighted by Crippen LogP contribution is -2.51. The van der Waals surface area contributed by atoms with Gasteiger partial charge in [-0.25, -0.2) is 0 Å². The minimum Gasteiger partial charge on any atom is -0.170 e. The lowest BCUT2D eigenvalue weighted by molar-refractivity contribution is -0.350. The van der Waals surface area contributed by atoms with Gasteiger partial charge in [0.1, 0.15) is 0 Å². The Morgan fingerprint density at radius 2 is 1.42 bits per heavy atom. The third-order valence-electron chi connectivity index (χ3n) is 5.49. The summed E-state index contributed by atoms with van der Waals surface area (Å²) in [4.78, 5) is 0.